The van der Waals surface area contributed by atoms with Crippen LogP contribution in [0.3, 0.4) is 0 Å². The van der Waals surface area contributed by atoms with Gasteiger partial charge in [-0.15, -0.1) is 0 Å². The van der Waals surface area contributed by atoms with Gasteiger partial charge in [-0.1, -0.05) is 0 Å². The minimum Gasteiger partial charge on any atom is -0.338 e. The van der Waals surface area contributed by atoms with Gasteiger partial charge in [0, 0.05) is 19.2 Å². The average Bonchev–Trinajstić information content (AvgIpc) is 2.41. The summed E-state index contributed by atoms with van der Waals surface area (Å²) >= 11 is 0. The van der Waals surface area contributed by atoms with Gasteiger partial charge in [-0.25, -0.2) is 18.7 Å². The van der Waals surface area contributed by atoms with Gasteiger partial charge in [-0.2, -0.15) is 5.26 Å². The highest BCUT2D eigenvalue weighted by Crippen LogP contribution is 2.20. The second-order valence-electron chi connectivity index (χ2n) is 3.67. The molecule has 2 aromatic rings. The fraction of sp³-hybridized carbons (Fsp3) is 0.0833. The molecule has 0 amide bonds. The zero-order valence-corrected chi connectivity index (χ0v) is 9.93. The maximum Gasteiger partial charge on any atom is 0.185 e. The van der Waals surface area contributed by atoms with Crippen molar-refractivity contribution in [3.05, 3.63) is 42.2 Å². The second-order valence-corrected chi connectivity index (χ2v) is 3.67. The van der Waals surface area contributed by atoms with Crippen molar-refractivity contribution < 1.29 is 8.78 Å². The first-order chi connectivity index (χ1) is 9.10. The molecule has 0 bridgehead atoms. The van der Waals surface area contributed by atoms with Gasteiger partial charge in [-0.05, 0) is 12.1 Å². The molecular formula is C12H9F2N5. The van der Waals surface area contributed by atoms with Crippen LogP contribution in [-0.2, 0) is 0 Å². The third kappa shape index (κ3) is 2.93. The van der Waals surface area contributed by atoms with E-state index in [9.17, 15) is 8.78 Å². The van der Waals surface area contributed by atoms with Gasteiger partial charge < -0.3 is 5.32 Å². The van der Waals surface area contributed by atoms with Crippen molar-refractivity contribution in [3.63, 3.8) is 0 Å². The predicted molar refractivity (Wildman–Crippen MR) is 65.7 cm³/mol. The van der Waals surface area contributed by atoms with Crippen LogP contribution in [0, 0.1) is 23.1 Å². The first-order valence-electron chi connectivity index (χ1n) is 5.27. The lowest BCUT2D eigenvalue weighted by Gasteiger charge is -2.10. The van der Waals surface area contributed by atoms with Crippen molar-refractivity contribution in [2.24, 2.45) is 0 Å². The molecule has 0 radical (unpaired) electrons. The Morgan fingerprint density at radius 1 is 1.26 bits per heavy atom. The molecule has 0 aliphatic carbocycles. The Bertz CT molecular complexity index is 638. The van der Waals surface area contributed by atoms with Gasteiger partial charge in [0.1, 0.15) is 29.6 Å². The lowest BCUT2D eigenvalue weighted by atomic mass is 10.3. The van der Waals surface area contributed by atoms with E-state index >= 15 is 0 Å². The van der Waals surface area contributed by atoms with Gasteiger partial charge in [-0.3, -0.25) is 4.90 Å². The van der Waals surface area contributed by atoms with Crippen LogP contribution < -0.4 is 10.2 Å². The zero-order chi connectivity index (χ0) is 13.8. The summed E-state index contributed by atoms with van der Waals surface area (Å²) in [6, 6.07) is 4.65. The Balaban J connectivity index is 2.26. The van der Waals surface area contributed by atoms with E-state index in [0.29, 0.717) is 11.6 Å². The van der Waals surface area contributed by atoms with E-state index in [1.165, 1.54) is 30.4 Å². The third-order valence-corrected chi connectivity index (χ3v) is 2.34. The summed E-state index contributed by atoms with van der Waals surface area (Å²) < 4.78 is 26.2. The highest BCUT2D eigenvalue weighted by atomic mass is 19.1. The molecule has 0 aliphatic rings. The van der Waals surface area contributed by atoms with Gasteiger partial charge in [0.15, 0.2) is 6.19 Å². The van der Waals surface area contributed by atoms with Crippen LogP contribution in [0.5, 0.6) is 0 Å². The molecule has 19 heavy (non-hydrogen) atoms. The number of anilines is 3. The standard InChI is InChI=1S/C12H9F2N5/c1-19(6-15)12-5-11(16-7-17-12)18-10-3-2-8(13)4-9(10)14/h2-5,7H,1H3,(H,16,17,18). The van der Waals surface area contributed by atoms with Gasteiger partial charge in [0.2, 0.25) is 0 Å². The van der Waals surface area contributed by atoms with E-state index in [0.717, 1.165) is 12.1 Å². The number of halogens is 2. The van der Waals surface area contributed by atoms with Crippen LogP contribution in [0.4, 0.5) is 26.1 Å². The SMILES string of the molecule is CN(C#N)c1cc(Nc2ccc(F)cc2F)ncn1. The maximum atomic E-state index is 13.5. The quantitative estimate of drug-likeness (QED) is 0.679. The van der Waals surface area contributed by atoms with Crippen LogP contribution in [0.25, 0.3) is 0 Å². The lowest BCUT2D eigenvalue weighted by Crippen LogP contribution is -2.10. The molecule has 0 spiro atoms. The van der Waals surface area contributed by atoms with Gasteiger partial charge >= 0.3 is 0 Å². The van der Waals surface area contributed by atoms with Crippen molar-refractivity contribution >= 4 is 17.3 Å². The molecule has 96 valence electrons. The van der Waals surface area contributed by atoms with Crippen molar-refractivity contribution in [1.29, 1.82) is 5.26 Å². The first-order valence-corrected chi connectivity index (χ1v) is 5.27. The number of nitrogens with zero attached hydrogens (tertiary/aromatic N) is 4. The number of benzene rings is 1. The summed E-state index contributed by atoms with van der Waals surface area (Å²) in [6.45, 7) is 0. The highest BCUT2D eigenvalue weighted by Gasteiger charge is 2.07. The Morgan fingerprint density at radius 3 is 2.74 bits per heavy atom. The van der Waals surface area contributed by atoms with Crippen molar-refractivity contribution in [2.75, 3.05) is 17.3 Å². The average molecular weight is 261 g/mol. The fourth-order valence-corrected chi connectivity index (χ4v) is 1.38. The molecule has 1 aromatic carbocycles. The van der Waals surface area contributed by atoms with E-state index in [4.69, 9.17) is 5.26 Å². The Morgan fingerprint density at radius 2 is 2.05 bits per heavy atom. The van der Waals surface area contributed by atoms with Gasteiger partial charge in [0.25, 0.3) is 0 Å². The molecule has 5 nitrogen and oxygen atoms in total. The zero-order valence-electron chi connectivity index (χ0n) is 9.93. The minimum atomic E-state index is -0.728. The summed E-state index contributed by atoms with van der Waals surface area (Å²) in [4.78, 5) is 9.01. The number of aromatic nitrogens is 2. The molecule has 7 heteroatoms. The first kappa shape index (κ1) is 12.7. The molecular weight excluding hydrogens is 252 g/mol. The van der Waals surface area contributed by atoms with Gasteiger partial charge in [0.05, 0.1) is 5.69 Å². The predicted octanol–water partition coefficient (Wildman–Crippen LogP) is 2.42. The van der Waals surface area contributed by atoms with Crippen LogP contribution in [0.2, 0.25) is 0 Å². The van der Waals surface area contributed by atoms with Crippen LogP contribution in [-0.4, -0.2) is 17.0 Å². The minimum absolute atomic E-state index is 0.0886. The molecule has 0 unspecified atom stereocenters. The number of hydrogen-bond acceptors (Lipinski definition) is 5. The number of nitrogens with one attached hydrogen (secondary N) is 1. The van der Waals surface area contributed by atoms with Crippen molar-refractivity contribution in [2.45, 2.75) is 0 Å². The smallest absolute Gasteiger partial charge is 0.185 e. The molecule has 0 aliphatic heterocycles. The molecule has 0 atom stereocenters. The maximum absolute atomic E-state index is 13.5. The lowest BCUT2D eigenvalue weighted by molar-refractivity contribution is 0.586. The molecule has 0 fully saturated rings. The summed E-state index contributed by atoms with van der Waals surface area (Å²) in [5.41, 5.74) is 0.0886. The Labute approximate surface area is 108 Å². The van der Waals surface area contributed by atoms with Crippen LogP contribution in [0.15, 0.2) is 30.6 Å². The molecule has 0 saturated heterocycles. The molecule has 1 heterocycles. The monoisotopic (exact) mass is 261 g/mol. The number of hydrogen-bond donors (Lipinski definition) is 1. The molecule has 2 rings (SSSR count). The third-order valence-electron chi connectivity index (χ3n) is 2.34. The molecule has 0 saturated carbocycles. The Kier molecular flexibility index (Phi) is 3.52. The summed E-state index contributed by atoms with van der Waals surface area (Å²) in [5.74, 6) is -0.718. The number of rotatable bonds is 3. The van der Waals surface area contributed by atoms with Crippen LogP contribution in [0.1, 0.15) is 0 Å². The van der Waals surface area contributed by atoms with Crippen molar-refractivity contribution in [3.8, 4) is 6.19 Å². The Hall–Kier alpha value is -2.75. The van der Waals surface area contributed by atoms with Crippen LogP contribution >= 0.6 is 0 Å². The highest BCUT2D eigenvalue weighted by molar-refractivity contribution is 5.60. The van der Waals surface area contributed by atoms with E-state index in [1.54, 1.807) is 0 Å². The van der Waals surface area contributed by atoms with Crippen molar-refractivity contribution in [1.82, 2.24) is 9.97 Å². The topological polar surface area (TPSA) is 64.8 Å². The van der Waals surface area contributed by atoms with E-state index in [-0.39, 0.29) is 5.69 Å². The summed E-state index contributed by atoms with van der Waals surface area (Å²) in [7, 11) is 1.53. The largest absolute Gasteiger partial charge is 0.338 e. The number of nitriles is 1. The summed E-state index contributed by atoms with van der Waals surface area (Å²) in [5, 5.41) is 11.4. The molecule has 1 aromatic heterocycles. The van der Waals surface area contributed by atoms with E-state index < -0.39 is 11.6 Å². The van der Waals surface area contributed by atoms with E-state index in [2.05, 4.69) is 15.3 Å². The normalized spacial score (nSPS) is 9.79. The summed E-state index contributed by atoms with van der Waals surface area (Å²) in [6.07, 6.45) is 3.13. The van der Waals surface area contributed by atoms with E-state index in [1.807, 2.05) is 6.19 Å². The second kappa shape index (κ2) is 5.27. The fourth-order valence-electron chi connectivity index (χ4n) is 1.38. The molecule has 1 N–H and O–H groups in total.